The molecule has 0 aliphatic heterocycles. The van der Waals surface area contributed by atoms with E-state index in [0.717, 1.165) is 17.2 Å². The third-order valence-electron chi connectivity index (χ3n) is 5.25. The fourth-order valence-electron chi connectivity index (χ4n) is 3.30. The Hall–Kier alpha value is -2.69. The van der Waals surface area contributed by atoms with E-state index in [4.69, 9.17) is 0 Å². The topological polar surface area (TPSA) is 72.2 Å². The zero-order chi connectivity index (χ0) is 22.5. The standard InChI is InChI=1S/C10H18O.C8H10N2O2.C7H8/c1-3-4-5-6-9-7-10(9)8(2)11;1-6-5-7(10(11)12)3-4-8(6)9-2;1-7-5-3-2-4-6-7/h9-10H,3-7H2,1-2H3;3-5,9H,1-2H3;2-6H,1H3. The summed E-state index contributed by atoms with van der Waals surface area (Å²) in [5.41, 5.74) is 3.25. The van der Waals surface area contributed by atoms with Crippen molar-refractivity contribution in [3.8, 4) is 0 Å². The number of non-ortho nitro benzene ring substituents is 1. The van der Waals surface area contributed by atoms with Crippen LogP contribution in [0.15, 0.2) is 48.5 Å². The molecule has 0 aromatic heterocycles. The maximum absolute atomic E-state index is 10.8. The Morgan fingerprint density at radius 1 is 1.13 bits per heavy atom. The van der Waals surface area contributed by atoms with E-state index in [9.17, 15) is 14.9 Å². The highest BCUT2D eigenvalue weighted by Gasteiger charge is 2.39. The average molecular weight is 413 g/mol. The first-order valence-electron chi connectivity index (χ1n) is 10.7. The van der Waals surface area contributed by atoms with Crippen LogP contribution < -0.4 is 5.32 Å². The van der Waals surface area contributed by atoms with Crippen molar-refractivity contribution >= 4 is 17.2 Å². The highest BCUT2D eigenvalue weighted by Crippen LogP contribution is 2.42. The molecular formula is C25H36N2O3. The summed E-state index contributed by atoms with van der Waals surface area (Å²) in [4.78, 5) is 20.8. The van der Waals surface area contributed by atoms with E-state index in [1.165, 1.54) is 43.7 Å². The van der Waals surface area contributed by atoms with Crippen LogP contribution in [0.2, 0.25) is 0 Å². The van der Waals surface area contributed by atoms with Crippen molar-refractivity contribution in [2.75, 3.05) is 12.4 Å². The van der Waals surface area contributed by atoms with Crippen molar-refractivity contribution in [2.45, 2.75) is 59.8 Å². The summed E-state index contributed by atoms with van der Waals surface area (Å²) in [7, 11) is 1.79. The Kier molecular flexibility index (Phi) is 11.4. The number of carbonyl (C=O) groups is 1. The SMILES string of the molecule is CCCCCC1CC1C(C)=O.CNc1ccc([N+](=O)[O-])cc1C.Cc1ccccc1. The second-order valence-electron chi connectivity index (χ2n) is 7.87. The number of benzene rings is 2. The number of carbonyl (C=O) groups excluding carboxylic acids is 1. The van der Waals surface area contributed by atoms with Gasteiger partial charge < -0.3 is 5.32 Å². The maximum Gasteiger partial charge on any atom is 0.269 e. The number of ketones is 1. The molecule has 2 atom stereocenters. The molecule has 3 rings (SSSR count). The Morgan fingerprint density at radius 3 is 2.20 bits per heavy atom. The second kappa shape index (κ2) is 13.5. The number of nitrogens with zero attached hydrogens (tertiary/aromatic N) is 1. The van der Waals surface area contributed by atoms with Crippen molar-refractivity contribution in [1.29, 1.82) is 0 Å². The molecule has 2 unspecified atom stereocenters. The van der Waals surface area contributed by atoms with Crippen LogP contribution in [0.5, 0.6) is 0 Å². The molecule has 0 bridgehead atoms. The van der Waals surface area contributed by atoms with Gasteiger partial charge in [-0.2, -0.15) is 0 Å². The molecule has 1 fully saturated rings. The van der Waals surface area contributed by atoms with Crippen molar-refractivity contribution in [1.82, 2.24) is 0 Å². The number of rotatable bonds is 7. The number of anilines is 1. The molecule has 0 heterocycles. The van der Waals surface area contributed by atoms with Crippen molar-refractivity contribution < 1.29 is 9.72 Å². The van der Waals surface area contributed by atoms with E-state index >= 15 is 0 Å². The maximum atomic E-state index is 10.8. The minimum Gasteiger partial charge on any atom is -0.388 e. The zero-order valence-electron chi connectivity index (χ0n) is 19.0. The Balaban J connectivity index is 0.000000232. The van der Waals surface area contributed by atoms with Crippen LogP contribution in [0.4, 0.5) is 11.4 Å². The molecule has 0 radical (unpaired) electrons. The van der Waals surface area contributed by atoms with Gasteiger partial charge in [0.15, 0.2) is 0 Å². The lowest BCUT2D eigenvalue weighted by atomic mass is 10.1. The molecule has 5 nitrogen and oxygen atoms in total. The summed E-state index contributed by atoms with van der Waals surface area (Å²) in [6, 6.07) is 15.0. The monoisotopic (exact) mass is 412 g/mol. The normalized spacial score (nSPS) is 16.3. The summed E-state index contributed by atoms with van der Waals surface area (Å²) in [5.74, 6) is 1.62. The van der Waals surface area contributed by atoms with E-state index < -0.39 is 4.92 Å². The number of Topliss-reactive ketones (excluding diaryl/α,β-unsaturated/α-hetero) is 1. The van der Waals surface area contributed by atoms with Gasteiger partial charge in [-0.05, 0) is 51.2 Å². The van der Waals surface area contributed by atoms with Gasteiger partial charge in [-0.15, -0.1) is 0 Å². The molecule has 1 aliphatic rings. The van der Waals surface area contributed by atoms with Crippen molar-refractivity contribution in [2.24, 2.45) is 11.8 Å². The first-order valence-corrected chi connectivity index (χ1v) is 10.7. The van der Waals surface area contributed by atoms with Gasteiger partial charge in [0.1, 0.15) is 5.78 Å². The third-order valence-corrected chi connectivity index (χ3v) is 5.25. The summed E-state index contributed by atoms with van der Waals surface area (Å²) >= 11 is 0. The predicted octanol–water partition coefficient (Wildman–Crippen LogP) is 6.73. The number of nitro benzene ring substituents is 1. The van der Waals surface area contributed by atoms with Gasteiger partial charge in [0, 0.05) is 30.8 Å². The molecule has 1 saturated carbocycles. The van der Waals surface area contributed by atoms with Crippen molar-refractivity contribution in [3.63, 3.8) is 0 Å². The minimum atomic E-state index is -0.396. The highest BCUT2D eigenvalue weighted by molar-refractivity contribution is 5.81. The molecule has 164 valence electrons. The average Bonchev–Trinajstić information content (AvgIpc) is 3.50. The fraction of sp³-hybridized carbons (Fsp3) is 0.480. The number of unbranched alkanes of at least 4 members (excludes halogenated alkanes) is 2. The van der Waals surface area contributed by atoms with E-state index in [-0.39, 0.29) is 5.69 Å². The molecule has 2 aromatic carbocycles. The summed E-state index contributed by atoms with van der Waals surface area (Å²) in [6.45, 7) is 7.86. The van der Waals surface area contributed by atoms with Gasteiger partial charge in [0.05, 0.1) is 4.92 Å². The lowest BCUT2D eigenvalue weighted by Gasteiger charge is -2.02. The number of nitro groups is 1. The van der Waals surface area contributed by atoms with Crippen LogP contribution in [0.25, 0.3) is 0 Å². The number of nitrogens with one attached hydrogen (secondary N) is 1. The van der Waals surface area contributed by atoms with Gasteiger partial charge in [-0.25, -0.2) is 0 Å². The third kappa shape index (κ3) is 9.68. The van der Waals surface area contributed by atoms with Gasteiger partial charge in [-0.3, -0.25) is 14.9 Å². The summed E-state index contributed by atoms with van der Waals surface area (Å²) < 4.78 is 0. The van der Waals surface area contributed by atoms with Gasteiger partial charge in [0.25, 0.3) is 5.69 Å². The lowest BCUT2D eigenvalue weighted by Crippen LogP contribution is -1.94. The van der Waals surface area contributed by atoms with Gasteiger partial charge in [-0.1, -0.05) is 62.1 Å². The lowest BCUT2D eigenvalue weighted by molar-refractivity contribution is -0.384. The van der Waals surface area contributed by atoms with Crippen LogP contribution in [0, 0.1) is 35.8 Å². The van der Waals surface area contributed by atoms with Crippen molar-refractivity contribution in [3.05, 3.63) is 69.8 Å². The smallest absolute Gasteiger partial charge is 0.269 e. The first-order chi connectivity index (χ1) is 14.3. The van der Waals surface area contributed by atoms with Gasteiger partial charge in [0.2, 0.25) is 0 Å². The van der Waals surface area contributed by atoms with Crippen LogP contribution in [-0.2, 0) is 4.79 Å². The first kappa shape index (κ1) is 25.3. The summed E-state index contributed by atoms with van der Waals surface area (Å²) in [5, 5.41) is 13.3. The molecule has 0 spiro atoms. The zero-order valence-corrected chi connectivity index (χ0v) is 19.0. The molecule has 2 aromatic rings. The van der Waals surface area contributed by atoms with Crippen LogP contribution in [0.1, 0.15) is 57.1 Å². The Labute approximate surface area is 181 Å². The minimum absolute atomic E-state index is 0.131. The van der Waals surface area contributed by atoms with E-state index in [1.807, 2.05) is 25.1 Å². The predicted molar refractivity (Wildman–Crippen MR) is 125 cm³/mol. The molecule has 1 N–H and O–H groups in total. The second-order valence-corrected chi connectivity index (χ2v) is 7.87. The quantitative estimate of drug-likeness (QED) is 0.311. The number of aryl methyl sites for hydroxylation is 2. The molecule has 30 heavy (non-hydrogen) atoms. The molecule has 0 saturated heterocycles. The summed E-state index contributed by atoms with van der Waals surface area (Å²) in [6.07, 6.45) is 6.42. The van der Waals surface area contributed by atoms with Crippen LogP contribution >= 0.6 is 0 Å². The van der Waals surface area contributed by atoms with Gasteiger partial charge >= 0.3 is 0 Å². The fourth-order valence-corrected chi connectivity index (χ4v) is 3.30. The van der Waals surface area contributed by atoms with E-state index in [2.05, 4.69) is 31.3 Å². The molecule has 5 heteroatoms. The molecular weight excluding hydrogens is 376 g/mol. The Bertz CT molecular complexity index is 790. The molecule has 1 aliphatic carbocycles. The van der Waals surface area contributed by atoms with E-state index in [0.29, 0.717) is 11.7 Å². The number of hydrogen-bond acceptors (Lipinski definition) is 4. The largest absolute Gasteiger partial charge is 0.388 e. The Morgan fingerprint density at radius 2 is 1.80 bits per heavy atom. The number of hydrogen-bond donors (Lipinski definition) is 1. The van der Waals surface area contributed by atoms with Crippen LogP contribution in [-0.4, -0.2) is 17.8 Å². The highest BCUT2D eigenvalue weighted by atomic mass is 16.6. The van der Waals surface area contributed by atoms with Crippen LogP contribution in [0.3, 0.4) is 0 Å². The van der Waals surface area contributed by atoms with E-state index in [1.54, 1.807) is 26.1 Å². The molecule has 0 amide bonds.